The first-order valence-electron chi connectivity index (χ1n) is 10.9. The smallest absolute Gasteiger partial charge is 0.302 e. The molecular formula is C26H24N4O2S. The average Bonchev–Trinajstić information content (AvgIpc) is 3.24. The summed E-state index contributed by atoms with van der Waals surface area (Å²) < 4.78 is 7.60. The lowest BCUT2D eigenvalue weighted by Crippen LogP contribution is -2.29. The molecule has 6 nitrogen and oxygen atoms in total. The second kappa shape index (κ2) is 9.11. The van der Waals surface area contributed by atoms with Gasteiger partial charge in [-0.1, -0.05) is 60.3 Å². The number of benzene rings is 3. The number of carbonyl (C=O) groups is 1. The van der Waals surface area contributed by atoms with Gasteiger partial charge in [-0.2, -0.15) is 5.10 Å². The number of methoxy groups -OCH3 is 1. The number of amides is 1. The van der Waals surface area contributed by atoms with Crippen molar-refractivity contribution >= 4 is 33.7 Å². The molecule has 1 aliphatic rings. The van der Waals surface area contributed by atoms with E-state index in [9.17, 15) is 4.79 Å². The molecule has 33 heavy (non-hydrogen) atoms. The highest BCUT2D eigenvalue weighted by Gasteiger charge is 2.23. The number of carbonyl (C=O) groups excluding carboxylic acids is 1. The SMILES string of the molecule is CCn1c(-c2cccc(OC)c2)nc2cc(C3=NN(Cc4ccccc4)C(=O)SC3)ccc21. The molecule has 0 fully saturated rings. The first kappa shape index (κ1) is 21.3. The van der Waals surface area contributed by atoms with E-state index in [-0.39, 0.29) is 5.24 Å². The molecule has 4 aromatic rings. The van der Waals surface area contributed by atoms with E-state index in [4.69, 9.17) is 14.8 Å². The van der Waals surface area contributed by atoms with Crippen LogP contribution >= 0.6 is 11.8 Å². The molecule has 0 spiro atoms. The number of hydrazone groups is 1. The van der Waals surface area contributed by atoms with Crippen molar-refractivity contribution in [3.63, 3.8) is 0 Å². The highest BCUT2D eigenvalue weighted by Crippen LogP contribution is 2.29. The fourth-order valence-electron chi connectivity index (χ4n) is 4.03. The van der Waals surface area contributed by atoms with Gasteiger partial charge in [0.2, 0.25) is 0 Å². The Morgan fingerprint density at radius 3 is 2.64 bits per heavy atom. The number of aryl methyl sites for hydroxylation is 1. The van der Waals surface area contributed by atoms with Gasteiger partial charge >= 0.3 is 5.24 Å². The van der Waals surface area contributed by atoms with Crippen molar-refractivity contribution in [2.45, 2.75) is 20.0 Å². The predicted molar refractivity (Wildman–Crippen MR) is 134 cm³/mol. The fraction of sp³-hybridized carbons (Fsp3) is 0.192. The number of aromatic nitrogens is 2. The molecule has 2 heterocycles. The Morgan fingerprint density at radius 1 is 1.00 bits per heavy atom. The van der Waals surface area contributed by atoms with Crippen LogP contribution in [0.4, 0.5) is 4.79 Å². The summed E-state index contributed by atoms with van der Waals surface area (Å²) in [4.78, 5) is 17.4. The summed E-state index contributed by atoms with van der Waals surface area (Å²) in [6.45, 7) is 3.38. The minimum Gasteiger partial charge on any atom is -0.497 e. The third-order valence-corrected chi connectivity index (χ3v) is 6.56. The zero-order valence-electron chi connectivity index (χ0n) is 18.6. The number of ether oxygens (including phenoxy) is 1. The molecule has 0 bridgehead atoms. The van der Waals surface area contributed by atoms with Crippen LogP contribution in [0.5, 0.6) is 5.75 Å². The zero-order valence-corrected chi connectivity index (χ0v) is 19.4. The van der Waals surface area contributed by atoms with E-state index < -0.39 is 0 Å². The second-order valence-corrected chi connectivity index (χ2v) is 8.69. The van der Waals surface area contributed by atoms with Crippen molar-refractivity contribution in [2.24, 2.45) is 5.10 Å². The quantitative estimate of drug-likeness (QED) is 0.368. The van der Waals surface area contributed by atoms with Crippen LogP contribution in [0.25, 0.3) is 22.4 Å². The second-order valence-electron chi connectivity index (χ2n) is 7.76. The number of thioether (sulfide) groups is 1. The van der Waals surface area contributed by atoms with E-state index in [1.807, 2.05) is 54.6 Å². The van der Waals surface area contributed by atoms with E-state index in [2.05, 4.69) is 29.7 Å². The van der Waals surface area contributed by atoms with E-state index >= 15 is 0 Å². The summed E-state index contributed by atoms with van der Waals surface area (Å²) in [6.07, 6.45) is 0. The number of hydrogen-bond donors (Lipinski definition) is 0. The zero-order chi connectivity index (χ0) is 22.8. The van der Waals surface area contributed by atoms with Crippen molar-refractivity contribution in [3.8, 4) is 17.1 Å². The van der Waals surface area contributed by atoms with Gasteiger partial charge in [0.15, 0.2) is 0 Å². The highest BCUT2D eigenvalue weighted by molar-refractivity contribution is 8.14. The predicted octanol–water partition coefficient (Wildman–Crippen LogP) is 5.80. The van der Waals surface area contributed by atoms with Gasteiger partial charge in [0.25, 0.3) is 0 Å². The number of nitrogens with zero attached hydrogens (tertiary/aromatic N) is 4. The van der Waals surface area contributed by atoms with Crippen LogP contribution in [-0.4, -0.2) is 38.4 Å². The monoisotopic (exact) mass is 456 g/mol. The summed E-state index contributed by atoms with van der Waals surface area (Å²) in [7, 11) is 1.67. The number of rotatable bonds is 6. The summed E-state index contributed by atoms with van der Waals surface area (Å²) in [5.74, 6) is 2.26. The molecule has 0 saturated heterocycles. The normalized spacial score (nSPS) is 13.9. The van der Waals surface area contributed by atoms with Crippen LogP contribution in [0.15, 0.2) is 77.9 Å². The number of fused-ring (bicyclic) bond motifs is 1. The maximum atomic E-state index is 12.4. The lowest BCUT2D eigenvalue weighted by Gasteiger charge is -2.23. The van der Waals surface area contributed by atoms with Crippen molar-refractivity contribution in [2.75, 3.05) is 12.9 Å². The molecular weight excluding hydrogens is 432 g/mol. The Kier molecular flexibility index (Phi) is 5.88. The third-order valence-electron chi connectivity index (χ3n) is 5.69. The minimum absolute atomic E-state index is 0.0285. The molecule has 1 amide bonds. The van der Waals surface area contributed by atoms with Crippen LogP contribution in [0, 0.1) is 0 Å². The van der Waals surface area contributed by atoms with Crippen LogP contribution in [0.3, 0.4) is 0 Å². The van der Waals surface area contributed by atoms with E-state index in [0.717, 1.165) is 51.6 Å². The fourth-order valence-corrected chi connectivity index (χ4v) is 4.77. The van der Waals surface area contributed by atoms with Crippen molar-refractivity contribution in [3.05, 3.63) is 83.9 Å². The molecule has 166 valence electrons. The lowest BCUT2D eigenvalue weighted by molar-refractivity contribution is 0.222. The molecule has 0 radical (unpaired) electrons. The summed E-state index contributed by atoms with van der Waals surface area (Å²) >= 11 is 1.28. The van der Waals surface area contributed by atoms with E-state index in [0.29, 0.717) is 12.3 Å². The molecule has 0 N–H and O–H groups in total. The first-order valence-corrected chi connectivity index (χ1v) is 11.9. The van der Waals surface area contributed by atoms with E-state index in [1.54, 1.807) is 12.1 Å². The van der Waals surface area contributed by atoms with Gasteiger partial charge in [-0.15, -0.1) is 0 Å². The van der Waals surface area contributed by atoms with Crippen LogP contribution < -0.4 is 4.74 Å². The Balaban J connectivity index is 1.51. The molecule has 5 rings (SSSR count). The molecule has 1 aromatic heterocycles. The number of hydrogen-bond acceptors (Lipinski definition) is 5. The van der Waals surface area contributed by atoms with Gasteiger partial charge in [-0.3, -0.25) is 4.79 Å². The molecule has 0 aliphatic carbocycles. The van der Waals surface area contributed by atoms with Crippen molar-refractivity contribution in [1.82, 2.24) is 14.6 Å². The average molecular weight is 457 g/mol. The maximum absolute atomic E-state index is 12.4. The molecule has 7 heteroatoms. The number of imidazole rings is 1. The molecule has 0 atom stereocenters. The van der Waals surface area contributed by atoms with Crippen LogP contribution in [-0.2, 0) is 13.1 Å². The van der Waals surface area contributed by atoms with Crippen LogP contribution in [0.2, 0.25) is 0 Å². The van der Waals surface area contributed by atoms with Gasteiger partial charge in [-0.05, 0) is 36.8 Å². The van der Waals surface area contributed by atoms with Gasteiger partial charge in [0.05, 0.1) is 30.4 Å². The van der Waals surface area contributed by atoms with Gasteiger partial charge in [0, 0.05) is 23.4 Å². The topological polar surface area (TPSA) is 59.7 Å². The van der Waals surface area contributed by atoms with Gasteiger partial charge in [0.1, 0.15) is 11.6 Å². The first-order chi connectivity index (χ1) is 16.2. The molecule has 1 aliphatic heterocycles. The summed E-state index contributed by atoms with van der Waals surface area (Å²) in [5, 5.41) is 6.22. The Morgan fingerprint density at radius 2 is 1.85 bits per heavy atom. The molecule has 0 saturated carbocycles. The van der Waals surface area contributed by atoms with Gasteiger partial charge in [-0.25, -0.2) is 9.99 Å². The molecule has 0 unspecified atom stereocenters. The lowest BCUT2D eigenvalue weighted by atomic mass is 10.1. The van der Waals surface area contributed by atoms with Gasteiger partial charge < -0.3 is 9.30 Å². The van der Waals surface area contributed by atoms with Crippen LogP contribution in [0.1, 0.15) is 18.1 Å². The Labute approximate surface area is 196 Å². The summed E-state index contributed by atoms with van der Waals surface area (Å²) in [5.41, 5.74) is 5.91. The Hall–Kier alpha value is -3.58. The van der Waals surface area contributed by atoms with E-state index in [1.165, 1.54) is 11.8 Å². The minimum atomic E-state index is -0.0285. The van der Waals surface area contributed by atoms with Crippen molar-refractivity contribution < 1.29 is 9.53 Å². The standard InChI is InChI=1S/C26H24N4O2S/c1-3-29-24-13-12-19(15-22(24)27-25(29)20-10-7-11-21(14-20)32-2)23-17-33-26(31)30(28-23)16-18-8-5-4-6-9-18/h4-15H,3,16-17H2,1-2H3. The largest absolute Gasteiger partial charge is 0.497 e. The third kappa shape index (κ3) is 4.24. The summed E-state index contributed by atoms with van der Waals surface area (Å²) in [6, 6.07) is 24.1. The molecule has 3 aromatic carbocycles. The van der Waals surface area contributed by atoms with Crippen molar-refractivity contribution in [1.29, 1.82) is 0 Å². The highest BCUT2D eigenvalue weighted by atomic mass is 32.2. The Bertz CT molecular complexity index is 1350. The maximum Gasteiger partial charge on any atom is 0.302 e.